The Labute approximate surface area is 87.1 Å². The summed E-state index contributed by atoms with van der Waals surface area (Å²) < 4.78 is 6.80. The molecule has 78 valence electrons. The zero-order valence-electron chi connectivity index (χ0n) is 8.43. The summed E-state index contributed by atoms with van der Waals surface area (Å²) in [6.07, 6.45) is 1.73. The van der Waals surface area contributed by atoms with Crippen LogP contribution in [0.2, 0.25) is 0 Å². The molecule has 15 heavy (non-hydrogen) atoms. The molecule has 1 heterocycles. The second-order valence-corrected chi connectivity index (χ2v) is 3.27. The van der Waals surface area contributed by atoms with Crippen LogP contribution < -0.4 is 10.3 Å². The Kier molecular flexibility index (Phi) is 2.58. The number of benzene rings is 1. The number of aromatic nitrogens is 2. The molecule has 0 radical (unpaired) electrons. The molecular weight excluding hydrogens is 192 g/mol. The summed E-state index contributed by atoms with van der Waals surface area (Å²) in [6.45, 7) is 0.659. The van der Waals surface area contributed by atoms with E-state index in [0.29, 0.717) is 6.54 Å². The van der Waals surface area contributed by atoms with Crippen LogP contribution in [-0.4, -0.2) is 16.9 Å². The van der Waals surface area contributed by atoms with Crippen molar-refractivity contribution in [3.05, 3.63) is 52.4 Å². The van der Waals surface area contributed by atoms with E-state index in [9.17, 15) is 4.79 Å². The van der Waals surface area contributed by atoms with Gasteiger partial charge in [-0.3, -0.25) is 14.6 Å². The highest BCUT2D eigenvalue weighted by Gasteiger charge is 1.96. The summed E-state index contributed by atoms with van der Waals surface area (Å²) in [5, 5.41) is 2.68. The van der Waals surface area contributed by atoms with Gasteiger partial charge in [-0.25, -0.2) is 0 Å². The van der Waals surface area contributed by atoms with Crippen molar-refractivity contribution >= 4 is 0 Å². The Balaban J connectivity index is 2.14. The molecule has 0 unspecified atom stereocenters. The highest BCUT2D eigenvalue weighted by Crippen LogP contribution is 2.11. The van der Waals surface area contributed by atoms with E-state index >= 15 is 0 Å². The summed E-state index contributed by atoms with van der Waals surface area (Å²) in [7, 11) is 1.64. The predicted octanol–water partition coefficient (Wildman–Crippen LogP) is 1.23. The Morgan fingerprint density at radius 2 is 2.00 bits per heavy atom. The van der Waals surface area contributed by atoms with Crippen LogP contribution in [-0.2, 0) is 6.54 Å². The maximum absolute atomic E-state index is 10.9. The molecule has 1 aromatic heterocycles. The molecule has 0 aliphatic rings. The fraction of sp³-hybridized carbons (Fsp3) is 0.182. The first kappa shape index (κ1) is 9.58. The van der Waals surface area contributed by atoms with E-state index in [2.05, 4.69) is 5.10 Å². The number of ether oxygens (including phenoxy) is 1. The molecular formula is C11H12N2O2. The van der Waals surface area contributed by atoms with Crippen LogP contribution in [0, 0.1) is 0 Å². The van der Waals surface area contributed by atoms with E-state index in [1.165, 1.54) is 6.07 Å². The number of methoxy groups -OCH3 is 1. The lowest BCUT2D eigenvalue weighted by atomic mass is 10.2. The normalized spacial score (nSPS) is 10.2. The summed E-state index contributed by atoms with van der Waals surface area (Å²) in [5.74, 6) is 0.833. The fourth-order valence-corrected chi connectivity index (χ4v) is 1.39. The number of nitrogens with zero attached hydrogens (tertiary/aromatic N) is 1. The van der Waals surface area contributed by atoms with Gasteiger partial charge in [0.2, 0.25) is 0 Å². The molecule has 0 aliphatic heterocycles. The van der Waals surface area contributed by atoms with Crippen molar-refractivity contribution in [2.45, 2.75) is 6.54 Å². The van der Waals surface area contributed by atoms with Crippen LogP contribution in [0.5, 0.6) is 5.75 Å². The number of aromatic amines is 1. The third-order valence-electron chi connectivity index (χ3n) is 2.17. The van der Waals surface area contributed by atoms with Gasteiger partial charge in [0.25, 0.3) is 5.56 Å². The molecule has 0 amide bonds. The van der Waals surface area contributed by atoms with Gasteiger partial charge in [0.1, 0.15) is 5.75 Å². The average Bonchev–Trinajstić information content (AvgIpc) is 2.65. The standard InChI is InChI=1S/C11H12N2O2/c1-15-10-4-2-9(3-5-10)8-13-7-6-11(14)12-13/h2-7H,8H2,1H3,(H,12,14). The van der Waals surface area contributed by atoms with E-state index < -0.39 is 0 Å². The molecule has 0 aliphatic carbocycles. The van der Waals surface area contributed by atoms with Crippen LogP contribution >= 0.6 is 0 Å². The van der Waals surface area contributed by atoms with Crippen LogP contribution in [0.1, 0.15) is 5.56 Å². The maximum Gasteiger partial charge on any atom is 0.264 e. The van der Waals surface area contributed by atoms with E-state index in [-0.39, 0.29) is 5.56 Å². The first-order valence-electron chi connectivity index (χ1n) is 4.66. The SMILES string of the molecule is COc1ccc(Cn2ccc(=O)[nH]2)cc1. The first-order chi connectivity index (χ1) is 7.28. The molecule has 1 aromatic carbocycles. The lowest BCUT2D eigenvalue weighted by Gasteiger charge is -2.04. The Hall–Kier alpha value is -1.97. The van der Waals surface area contributed by atoms with Crippen LogP contribution in [0.25, 0.3) is 0 Å². The Morgan fingerprint density at radius 3 is 2.53 bits per heavy atom. The van der Waals surface area contributed by atoms with E-state index in [1.54, 1.807) is 18.0 Å². The van der Waals surface area contributed by atoms with Gasteiger partial charge in [-0.2, -0.15) is 0 Å². The van der Waals surface area contributed by atoms with Crippen molar-refractivity contribution < 1.29 is 4.74 Å². The molecule has 0 saturated heterocycles. The second kappa shape index (κ2) is 4.04. The fourth-order valence-electron chi connectivity index (χ4n) is 1.39. The van der Waals surface area contributed by atoms with Gasteiger partial charge in [0.15, 0.2) is 0 Å². The Bertz CT molecular complexity index is 482. The summed E-state index contributed by atoms with van der Waals surface area (Å²) in [6, 6.07) is 9.24. The Morgan fingerprint density at radius 1 is 1.27 bits per heavy atom. The van der Waals surface area contributed by atoms with Crippen LogP contribution in [0.3, 0.4) is 0 Å². The van der Waals surface area contributed by atoms with Gasteiger partial charge >= 0.3 is 0 Å². The van der Waals surface area contributed by atoms with Crippen molar-refractivity contribution in [2.75, 3.05) is 7.11 Å². The third kappa shape index (κ3) is 2.28. The smallest absolute Gasteiger partial charge is 0.264 e. The minimum absolute atomic E-state index is 0.0801. The lowest BCUT2D eigenvalue weighted by Crippen LogP contribution is -2.06. The quantitative estimate of drug-likeness (QED) is 0.817. The zero-order valence-corrected chi connectivity index (χ0v) is 8.43. The lowest BCUT2D eigenvalue weighted by molar-refractivity contribution is 0.414. The molecule has 4 nitrogen and oxygen atoms in total. The van der Waals surface area contributed by atoms with E-state index in [1.807, 2.05) is 24.3 Å². The molecule has 1 N–H and O–H groups in total. The van der Waals surface area contributed by atoms with Crippen LogP contribution in [0.4, 0.5) is 0 Å². The van der Waals surface area contributed by atoms with Gasteiger partial charge in [-0.05, 0) is 17.7 Å². The average molecular weight is 204 g/mol. The molecule has 4 heteroatoms. The van der Waals surface area contributed by atoms with Gasteiger partial charge in [0.05, 0.1) is 13.7 Å². The predicted molar refractivity (Wildman–Crippen MR) is 57.1 cm³/mol. The van der Waals surface area contributed by atoms with Crippen molar-refractivity contribution in [2.24, 2.45) is 0 Å². The maximum atomic E-state index is 10.9. The highest BCUT2D eigenvalue weighted by molar-refractivity contribution is 5.27. The highest BCUT2D eigenvalue weighted by atomic mass is 16.5. The number of H-pyrrole nitrogens is 1. The van der Waals surface area contributed by atoms with Crippen molar-refractivity contribution in [1.82, 2.24) is 9.78 Å². The number of rotatable bonds is 3. The van der Waals surface area contributed by atoms with Gasteiger partial charge in [-0.1, -0.05) is 12.1 Å². The molecule has 0 fully saturated rings. The molecule has 2 rings (SSSR count). The number of nitrogens with one attached hydrogen (secondary N) is 1. The van der Waals surface area contributed by atoms with Crippen molar-refractivity contribution in [1.29, 1.82) is 0 Å². The van der Waals surface area contributed by atoms with E-state index in [4.69, 9.17) is 4.74 Å². The largest absolute Gasteiger partial charge is 0.497 e. The topological polar surface area (TPSA) is 47.0 Å². The number of hydrogen-bond acceptors (Lipinski definition) is 2. The molecule has 0 bridgehead atoms. The van der Waals surface area contributed by atoms with E-state index in [0.717, 1.165) is 11.3 Å². The first-order valence-corrected chi connectivity index (χ1v) is 4.66. The van der Waals surface area contributed by atoms with Crippen molar-refractivity contribution in [3.63, 3.8) is 0 Å². The molecule has 0 spiro atoms. The minimum Gasteiger partial charge on any atom is -0.497 e. The molecule has 2 aromatic rings. The second-order valence-electron chi connectivity index (χ2n) is 3.27. The molecule has 0 atom stereocenters. The third-order valence-corrected chi connectivity index (χ3v) is 2.17. The summed E-state index contributed by atoms with van der Waals surface area (Å²) in [5.41, 5.74) is 1.03. The summed E-state index contributed by atoms with van der Waals surface area (Å²) in [4.78, 5) is 10.9. The minimum atomic E-state index is -0.0801. The monoisotopic (exact) mass is 204 g/mol. The van der Waals surface area contributed by atoms with Crippen molar-refractivity contribution in [3.8, 4) is 5.75 Å². The molecule has 0 saturated carbocycles. The van der Waals surface area contributed by atoms with Gasteiger partial charge < -0.3 is 4.74 Å². The van der Waals surface area contributed by atoms with Crippen LogP contribution in [0.15, 0.2) is 41.3 Å². The summed E-state index contributed by atoms with van der Waals surface area (Å²) >= 11 is 0. The zero-order chi connectivity index (χ0) is 10.7. The van der Waals surface area contributed by atoms with Gasteiger partial charge in [-0.15, -0.1) is 0 Å². The van der Waals surface area contributed by atoms with Gasteiger partial charge in [0, 0.05) is 12.3 Å². The number of hydrogen-bond donors (Lipinski definition) is 1.